The molecule has 2 heterocycles. The van der Waals surface area contributed by atoms with E-state index in [1.807, 2.05) is 42.3 Å². The summed E-state index contributed by atoms with van der Waals surface area (Å²) in [5.74, 6) is -0.350. The summed E-state index contributed by atoms with van der Waals surface area (Å²) < 4.78 is 15.8. The summed E-state index contributed by atoms with van der Waals surface area (Å²) in [6, 6.07) is 14.4. The Bertz CT molecular complexity index is 992. The first-order valence-corrected chi connectivity index (χ1v) is 9.41. The minimum atomic E-state index is -0.299. The van der Waals surface area contributed by atoms with Crippen molar-refractivity contribution in [3.63, 3.8) is 0 Å². The molecule has 0 spiro atoms. The number of rotatable bonds is 3. The third kappa shape index (κ3) is 3.45. The number of amides is 1. The van der Waals surface area contributed by atoms with Crippen LogP contribution in [-0.2, 0) is 13.6 Å². The standard InChI is InChI=1S/C21H21ClFN3O/c1-24-19-8-4-7-18(23)16(19)13-20(24)21(27)26-11-9-25(10-12-26)14-15-5-2-3-6-17(15)22/h2-8,13H,9-12,14H2,1H3. The van der Waals surface area contributed by atoms with Crippen LogP contribution in [0.4, 0.5) is 4.39 Å². The van der Waals surface area contributed by atoms with Crippen molar-refractivity contribution in [3.05, 3.63) is 70.6 Å². The predicted octanol–water partition coefficient (Wildman–Crippen LogP) is 3.93. The molecular weight excluding hydrogens is 365 g/mol. The SMILES string of the molecule is Cn1c(C(=O)N2CCN(Cc3ccccc3Cl)CC2)cc2c(F)cccc21. The first kappa shape index (κ1) is 18.0. The van der Waals surface area contributed by atoms with Crippen molar-refractivity contribution >= 4 is 28.4 Å². The minimum absolute atomic E-state index is 0.0505. The average Bonchev–Trinajstić information content (AvgIpc) is 3.02. The van der Waals surface area contributed by atoms with Gasteiger partial charge in [0.05, 0.1) is 5.52 Å². The van der Waals surface area contributed by atoms with Gasteiger partial charge in [-0.3, -0.25) is 9.69 Å². The monoisotopic (exact) mass is 385 g/mol. The number of benzene rings is 2. The number of fused-ring (bicyclic) bond motifs is 1. The topological polar surface area (TPSA) is 28.5 Å². The molecule has 140 valence electrons. The number of carbonyl (C=O) groups excluding carboxylic acids is 1. The van der Waals surface area contributed by atoms with Gasteiger partial charge in [0.2, 0.25) is 0 Å². The number of aromatic nitrogens is 1. The molecule has 0 aliphatic carbocycles. The van der Waals surface area contributed by atoms with Crippen LogP contribution in [0.15, 0.2) is 48.5 Å². The van der Waals surface area contributed by atoms with Gasteiger partial charge in [-0.1, -0.05) is 35.9 Å². The molecule has 1 saturated heterocycles. The molecule has 0 bridgehead atoms. The van der Waals surface area contributed by atoms with E-state index in [-0.39, 0.29) is 11.7 Å². The van der Waals surface area contributed by atoms with Crippen molar-refractivity contribution < 1.29 is 9.18 Å². The Morgan fingerprint density at radius 2 is 1.81 bits per heavy atom. The molecule has 0 unspecified atom stereocenters. The van der Waals surface area contributed by atoms with Crippen LogP contribution in [0.1, 0.15) is 16.1 Å². The smallest absolute Gasteiger partial charge is 0.270 e. The maximum Gasteiger partial charge on any atom is 0.270 e. The van der Waals surface area contributed by atoms with E-state index >= 15 is 0 Å². The van der Waals surface area contributed by atoms with E-state index in [9.17, 15) is 9.18 Å². The normalized spacial score (nSPS) is 15.4. The number of nitrogens with zero attached hydrogens (tertiary/aromatic N) is 3. The molecular formula is C21H21ClFN3O. The van der Waals surface area contributed by atoms with Crippen LogP contribution in [0, 0.1) is 5.82 Å². The molecule has 0 radical (unpaired) electrons. The fraction of sp³-hybridized carbons (Fsp3) is 0.286. The molecule has 1 amide bonds. The van der Waals surface area contributed by atoms with Crippen molar-refractivity contribution in [1.82, 2.24) is 14.4 Å². The van der Waals surface area contributed by atoms with E-state index in [2.05, 4.69) is 4.90 Å². The van der Waals surface area contributed by atoms with E-state index < -0.39 is 0 Å². The lowest BCUT2D eigenvalue weighted by atomic mass is 10.2. The van der Waals surface area contributed by atoms with Gasteiger partial charge in [0, 0.05) is 50.2 Å². The molecule has 1 aliphatic heterocycles. The maximum absolute atomic E-state index is 14.0. The van der Waals surface area contributed by atoms with Gasteiger partial charge >= 0.3 is 0 Å². The van der Waals surface area contributed by atoms with Gasteiger partial charge in [-0.25, -0.2) is 4.39 Å². The molecule has 6 heteroatoms. The molecule has 1 aliphatic rings. The van der Waals surface area contributed by atoms with E-state index in [0.29, 0.717) is 24.2 Å². The zero-order valence-electron chi connectivity index (χ0n) is 15.2. The van der Waals surface area contributed by atoms with Crippen molar-refractivity contribution in [2.45, 2.75) is 6.54 Å². The molecule has 0 atom stereocenters. The summed E-state index contributed by atoms with van der Waals surface area (Å²) in [6.07, 6.45) is 0. The van der Waals surface area contributed by atoms with Gasteiger partial charge in [-0.2, -0.15) is 0 Å². The summed E-state index contributed by atoms with van der Waals surface area (Å²) in [5.41, 5.74) is 2.36. The highest BCUT2D eigenvalue weighted by Gasteiger charge is 2.25. The van der Waals surface area contributed by atoms with Gasteiger partial charge in [-0.05, 0) is 29.8 Å². The molecule has 1 fully saturated rings. The molecule has 0 saturated carbocycles. The number of hydrogen-bond acceptors (Lipinski definition) is 2. The van der Waals surface area contributed by atoms with Crippen molar-refractivity contribution in [2.75, 3.05) is 26.2 Å². The lowest BCUT2D eigenvalue weighted by Crippen LogP contribution is -2.48. The number of halogens is 2. The Hall–Kier alpha value is -2.37. The molecule has 1 aromatic heterocycles. The van der Waals surface area contributed by atoms with Crippen LogP contribution >= 0.6 is 11.6 Å². The lowest BCUT2D eigenvalue weighted by molar-refractivity contribution is 0.0619. The third-order valence-corrected chi connectivity index (χ3v) is 5.63. The fourth-order valence-electron chi connectivity index (χ4n) is 3.67. The Kier molecular flexibility index (Phi) is 4.89. The summed E-state index contributed by atoms with van der Waals surface area (Å²) in [7, 11) is 1.81. The summed E-state index contributed by atoms with van der Waals surface area (Å²) >= 11 is 6.25. The van der Waals surface area contributed by atoms with Crippen LogP contribution in [0.3, 0.4) is 0 Å². The molecule has 0 N–H and O–H groups in total. The maximum atomic E-state index is 14.0. The Morgan fingerprint density at radius 1 is 1.07 bits per heavy atom. The molecule has 2 aromatic carbocycles. The molecule has 27 heavy (non-hydrogen) atoms. The number of aryl methyl sites for hydroxylation is 1. The van der Waals surface area contributed by atoms with Crippen LogP contribution < -0.4 is 0 Å². The zero-order chi connectivity index (χ0) is 19.0. The third-order valence-electron chi connectivity index (χ3n) is 5.26. The number of carbonyl (C=O) groups is 1. The fourth-order valence-corrected chi connectivity index (χ4v) is 3.86. The van der Waals surface area contributed by atoms with Gasteiger partial charge in [-0.15, -0.1) is 0 Å². The highest BCUT2D eigenvalue weighted by Crippen LogP contribution is 2.23. The Labute approximate surface area is 162 Å². The second kappa shape index (κ2) is 7.33. The molecule has 3 aromatic rings. The van der Waals surface area contributed by atoms with Gasteiger partial charge < -0.3 is 9.47 Å². The molecule has 4 nitrogen and oxygen atoms in total. The summed E-state index contributed by atoms with van der Waals surface area (Å²) in [4.78, 5) is 17.1. The number of hydrogen-bond donors (Lipinski definition) is 0. The Balaban J connectivity index is 1.45. The lowest BCUT2D eigenvalue weighted by Gasteiger charge is -2.35. The van der Waals surface area contributed by atoms with Gasteiger partial charge in [0.25, 0.3) is 5.91 Å². The van der Waals surface area contributed by atoms with E-state index in [4.69, 9.17) is 11.6 Å². The summed E-state index contributed by atoms with van der Waals surface area (Å²) in [5, 5.41) is 1.26. The first-order chi connectivity index (χ1) is 13.0. The van der Waals surface area contributed by atoms with Crippen molar-refractivity contribution in [1.29, 1.82) is 0 Å². The second-order valence-corrected chi connectivity index (χ2v) is 7.33. The minimum Gasteiger partial charge on any atom is -0.340 e. The largest absolute Gasteiger partial charge is 0.340 e. The Morgan fingerprint density at radius 3 is 2.52 bits per heavy atom. The van der Waals surface area contributed by atoms with E-state index in [0.717, 1.165) is 35.7 Å². The van der Waals surface area contributed by atoms with Gasteiger partial charge in [0.15, 0.2) is 0 Å². The van der Waals surface area contributed by atoms with Gasteiger partial charge in [0.1, 0.15) is 11.5 Å². The van der Waals surface area contributed by atoms with E-state index in [1.54, 1.807) is 16.7 Å². The highest BCUT2D eigenvalue weighted by molar-refractivity contribution is 6.31. The first-order valence-electron chi connectivity index (χ1n) is 9.03. The van der Waals surface area contributed by atoms with E-state index in [1.165, 1.54) is 6.07 Å². The van der Waals surface area contributed by atoms with Crippen LogP contribution in [0.5, 0.6) is 0 Å². The van der Waals surface area contributed by atoms with Crippen molar-refractivity contribution in [3.8, 4) is 0 Å². The zero-order valence-corrected chi connectivity index (χ0v) is 15.9. The van der Waals surface area contributed by atoms with Crippen LogP contribution in [0.25, 0.3) is 10.9 Å². The highest BCUT2D eigenvalue weighted by atomic mass is 35.5. The van der Waals surface area contributed by atoms with Crippen molar-refractivity contribution in [2.24, 2.45) is 7.05 Å². The molecule has 4 rings (SSSR count). The average molecular weight is 386 g/mol. The van der Waals surface area contributed by atoms with Crippen LogP contribution in [0.2, 0.25) is 5.02 Å². The number of piperazine rings is 1. The van der Waals surface area contributed by atoms with Crippen LogP contribution in [-0.4, -0.2) is 46.5 Å². The second-order valence-electron chi connectivity index (χ2n) is 6.92. The summed E-state index contributed by atoms with van der Waals surface area (Å²) in [6.45, 7) is 3.64. The quantitative estimate of drug-likeness (QED) is 0.683. The predicted molar refractivity (Wildman–Crippen MR) is 106 cm³/mol.